The quantitative estimate of drug-likeness (QED) is 0.400. The van der Waals surface area contributed by atoms with Crippen LogP contribution in [-0.2, 0) is 0 Å². The zero-order valence-corrected chi connectivity index (χ0v) is 17.0. The molecule has 1 aliphatic rings. The molecule has 1 saturated carbocycles. The van der Waals surface area contributed by atoms with Gasteiger partial charge in [0.1, 0.15) is 16.8 Å². The lowest BCUT2D eigenvalue weighted by atomic mass is 9.73. The van der Waals surface area contributed by atoms with Crippen molar-refractivity contribution in [2.45, 2.75) is 44.4 Å². The molecule has 0 bridgehead atoms. The van der Waals surface area contributed by atoms with E-state index in [9.17, 15) is 4.39 Å². The average Bonchev–Trinajstić information content (AvgIpc) is 3.16. The molecule has 0 amide bonds. The molecule has 0 aliphatic heterocycles. The van der Waals surface area contributed by atoms with Crippen molar-refractivity contribution < 1.29 is 4.39 Å². The summed E-state index contributed by atoms with van der Waals surface area (Å²) in [4.78, 5) is 16.8. The van der Waals surface area contributed by atoms with Crippen molar-refractivity contribution in [3.05, 3.63) is 65.0 Å². The van der Waals surface area contributed by atoms with Crippen LogP contribution in [0.25, 0.3) is 22.1 Å². The Labute approximate surface area is 173 Å². The van der Waals surface area contributed by atoms with Gasteiger partial charge in [-0.25, -0.2) is 14.4 Å². The third-order valence-corrected chi connectivity index (χ3v) is 6.63. The Morgan fingerprint density at radius 3 is 2.72 bits per heavy atom. The van der Waals surface area contributed by atoms with E-state index in [1.807, 2.05) is 12.3 Å². The summed E-state index contributed by atoms with van der Waals surface area (Å²) in [7, 11) is 0. The molecule has 1 aliphatic carbocycles. The van der Waals surface area contributed by atoms with Gasteiger partial charge in [-0.15, -0.1) is 0 Å². The number of nitrogens with zero attached hydrogens (tertiary/aromatic N) is 3. The fraction of sp³-hybridized carbons (Fsp3) is 0.348. The molecule has 1 atom stereocenters. The van der Waals surface area contributed by atoms with E-state index in [0.717, 1.165) is 47.9 Å². The van der Waals surface area contributed by atoms with Crippen LogP contribution in [0.5, 0.6) is 0 Å². The zero-order chi connectivity index (χ0) is 20.0. The largest absolute Gasteiger partial charge is 0.340 e. The molecule has 0 spiro atoms. The van der Waals surface area contributed by atoms with Crippen LogP contribution in [0.15, 0.2) is 42.6 Å². The van der Waals surface area contributed by atoms with Crippen molar-refractivity contribution in [2.75, 3.05) is 0 Å². The molecule has 3 aromatic heterocycles. The lowest BCUT2D eigenvalue weighted by Crippen LogP contribution is -2.19. The third kappa shape index (κ3) is 3.48. The smallest absolute Gasteiger partial charge is 0.179 e. The van der Waals surface area contributed by atoms with Crippen molar-refractivity contribution in [1.29, 1.82) is 0 Å². The molecule has 1 aromatic carbocycles. The van der Waals surface area contributed by atoms with E-state index in [1.165, 1.54) is 11.6 Å². The van der Waals surface area contributed by atoms with Crippen molar-refractivity contribution in [2.24, 2.45) is 5.92 Å². The molecule has 29 heavy (non-hydrogen) atoms. The van der Waals surface area contributed by atoms with E-state index < -0.39 is 0 Å². The number of rotatable bonds is 3. The summed E-state index contributed by atoms with van der Waals surface area (Å²) in [5.74, 6) is 2.12. The molecule has 3 heterocycles. The number of aromatic amines is 1. The SMILES string of the molecule is CC(c1nc2nc(Cl)ccc2[nH]1)C1CCC(c2ccnc3ccc(F)cc23)CC1. The molecule has 4 aromatic rings. The van der Waals surface area contributed by atoms with Crippen LogP contribution in [0.1, 0.15) is 55.8 Å². The highest BCUT2D eigenvalue weighted by Gasteiger charge is 2.29. The Kier molecular flexibility index (Phi) is 4.70. The maximum Gasteiger partial charge on any atom is 0.179 e. The first-order valence-corrected chi connectivity index (χ1v) is 10.5. The Bertz CT molecular complexity index is 1180. The van der Waals surface area contributed by atoms with Crippen molar-refractivity contribution in [1.82, 2.24) is 19.9 Å². The molecule has 6 heteroatoms. The molecule has 5 rings (SSSR count). The summed E-state index contributed by atoms with van der Waals surface area (Å²) in [5, 5.41) is 1.41. The number of nitrogens with one attached hydrogen (secondary N) is 1. The number of halogens is 2. The minimum Gasteiger partial charge on any atom is -0.340 e. The number of H-pyrrole nitrogens is 1. The molecule has 4 nitrogen and oxygen atoms in total. The minimum atomic E-state index is -0.201. The first kappa shape index (κ1) is 18.5. The van der Waals surface area contributed by atoms with Gasteiger partial charge >= 0.3 is 0 Å². The van der Waals surface area contributed by atoms with Gasteiger partial charge in [-0.05, 0) is 79.5 Å². The fourth-order valence-electron chi connectivity index (χ4n) is 4.75. The summed E-state index contributed by atoms with van der Waals surface area (Å²) in [5.41, 5.74) is 3.70. The number of aromatic nitrogens is 4. The van der Waals surface area contributed by atoms with Crippen molar-refractivity contribution in [3.8, 4) is 0 Å². The average molecular weight is 409 g/mol. The van der Waals surface area contributed by atoms with Crippen LogP contribution in [0.2, 0.25) is 5.15 Å². The van der Waals surface area contributed by atoms with E-state index in [2.05, 4.69) is 32.9 Å². The van der Waals surface area contributed by atoms with Gasteiger partial charge in [-0.1, -0.05) is 18.5 Å². The van der Waals surface area contributed by atoms with E-state index in [-0.39, 0.29) is 5.82 Å². The third-order valence-electron chi connectivity index (χ3n) is 6.42. The summed E-state index contributed by atoms with van der Waals surface area (Å²) < 4.78 is 13.8. The summed E-state index contributed by atoms with van der Waals surface area (Å²) in [6.07, 6.45) is 6.27. The summed E-state index contributed by atoms with van der Waals surface area (Å²) in [6, 6.07) is 10.6. The highest BCUT2D eigenvalue weighted by molar-refractivity contribution is 6.29. The predicted octanol–water partition coefficient (Wildman–Crippen LogP) is 6.38. The number of imidazole rings is 1. The first-order chi connectivity index (χ1) is 14.1. The van der Waals surface area contributed by atoms with Crippen molar-refractivity contribution in [3.63, 3.8) is 0 Å². The minimum absolute atomic E-state index is 0.201. The highest BCUT2D eigenvalue weighted by Crippen LogP contribution is 2.42. The second kappa shape index (κ2) is 7.38. The molecular weight excluding hydrogens is 387 g/mol. The number of pyridine rings is 2. The second-order valence-corrected chi connectivity index (χ2v) is 8.48. The van der Waals surface area contributed by atoms with E-state index in [0.29, 0.717) is 28.6 Å². The fourth-order valence-corrected chi connectivity index (χ4v) is 4.90. The molecule has 0 radical (unpaired) electrons. The Hall–Kier alpha value is -2.53. The lowest BCUT2D eigenvalue weighted by molar-refractivity contribution is 0.286. The summed E-state index contributed by atoms with van der Waals surface area (Å²) in [6.45, 7) is 2.24. The summed E-state index contributed by atoms with van der Waals surface area (Å²) >= 11 is 5.99. The van der Waals surface area contributed by atoms with Gasteiger partial charge in [0, 0.05) is 17.5 Å². The Balaban J connectivity index is 1.34. The molecule has 1 unspecified atom stereocenters. The van der Waals surface area contributed by atoms with Gasteiger partial charge < -0.3 is 4.98 Å². The molecular formula is C23H22ClFN4. The predicted molar refractivity (Wildman–Crippen MR) is 114 cm³/mol. The monoisotopic (exact) mass is 408 g/mol. The van der Waals surface area contributed by atoms with Crippen LogP contribution >= 0.6 is 11.6 Å². The second-order valence-electron chi connectivity index (χ2n) is 8.09. The van der Waals surface area contributed by atoms with Gasteiger partial charge in [0.15, 0.2) is 5.65 Å². The first-order valence-electron chi connectivity index (χ1n) is 10.1. The van der Waals surface area contributed by atoms with Gasteiger partial charge in [0.05, 0.1) is 11.0 Å². The van der Waals surface area contributed by atoms with Gasteiger partial charge in [-0.3, -0.25) is 4.98 Å². The van der Waals surface area contributed by atoms with Gasteiger partial charge in [0.25, 0.3) is 0 Å². The van der Waals surface area contributed by atoms with E-state index in [1.54, 1.807) is 18.2 Å². The number of hydrogen-bond acceptors (Lipinski definition) is 3. The molecule has 0 saturated heterocycles. The normalized spacial score (nSPS) is 20.9. The molecule has 1 fully saturated rings. The van der Waals surface area contributed by atoms with Crippen LogP contribution < -0.4 is 0 Å². The molecule has 148 valence electrons. The van der Waals surface area contributed by atoms with Crippen LogP contribution in [-0.4, -0.2) is 19.9 Å². The van der Waals surface area contributed by atoms with Gasteiger partial charge in [0.2, 0.25) is 0 Å². The number of fused-ring (bicyclic) bond motifs is 2. The molecule has 1 N–H and O–H groups in total. The maximum atomic E-state index is 13.8. The Morgan fingerprint density at radius 1 is 1.07 bits per heavy atom. The van der Waals surface area contributed by atoms with Crippen molar-refractivity contribution >= 4 is 33.7 Å². The maximum absolute atomic E-state index is 13.8. The van der Waals surface area contributed by atoms with Gasteiger partial charge in [-0.2, -0.15) is 0 Å². The number of benzene rings is 1. The van der Waals surface area contributed by atoms with E-state index in [4.69, 9.17) is 11.6 Å². The lowest BCUT2D eigenvalue weighted by Gasteiger charge is -2.32. The standard InChI is InChI=1S/C23H22ClFN4/c1-13(22-27-20-8-9-21(24)28-23(20)29-22)14-2-4-15(5-3-14)17-10-11-26-19-7-6-16(25)12-18(17)19/h6-15H,2-5H2,1H3,(H,27,28,29). The topological polar surface area (TPSA) is 54.5 Å². The van der Waals surface area contributed by atoms with E-state index >= 15 is 0 Å². The van der Waals surface area contributed by atoms with Crippen LogP contribution in [0.4, 0.5) is 4.39 Å². The van der Waals surface area contributed by atoms with Crippen LogP contribution in [0, 0.1) is 11.7 Å². The van der Waals surface area contributed by atoms with Crippen LogP contribution in [0.3, 0.4) is 0 Å². The number of hydrogen-bond donors (Lipinski definition) is 1. The highest BCUT2D eigenvalue weighted by atomic mass is 35.5. The zero-order valence-electron chi connectivity index (χ0n) is 16.2. The Morgan fingerprint density at radius 2 is 1.90 bits per heavy atom.